The lowest BCUT2D eigenvalue weighted by atomic mass is 9.86. The van der Waals surface area contributed by atoms with Crippen LogP contribution in [0, 0.1) is 18.7 Å². The van der Waals surface area contributed by atoms with Gasteiger partial charge in [-0.25, -0.2) is 4.39 Å². The van der Waals surface area contributed by atoms with Crippen molar-refractivity contribution < 1.29 is 18.8 Å². The SMILES string of the molecule is C=CC(=O)N(C)[C@@H](C)C(=O)NC[C@@H]1CCc2c([nH]c(/C=C3\C(=O)Nc4ccc(F)cc43)c2C)C1. The number of likely N-dealkylation sites (N-methyl/N-ethyl adjacent to an activating group) is 1. The number of anilines is 1. The van der Waals surface area contributed by atoms with Crippen molar-refractivity contribution >= 4 is 35.1 Å². The number of rotatable bonds is 6. The van der Waals surface area contributed by atoms with Gasteiger partial charge < -0.3 is 20.5 Å². The number of aromatic nitrogens is 1. The van der Waals surface area contributed by atoms with Gasteiger partial charge in [0.2, 0.25) is 11.8 Å². The number of nitrogens with one attached hydrogen (secondary N) is 3. The van der Waals surface area contributed by atoms with Crippen molar-refractivity contribution in [3.05, 3.63) is 64.7 Å². The number of aromatic amines is 1. The van der Waals surface area contributed by atoms with Crippen molar-refractivity contribution in [1.29, 1.82) is 0 Å². The van der Waals surface area contributed by atoms with Gasteiger partial charge in [0.15, 0.2) is 0 Å². The van der Waals surface area contributed by atoms with Crippen LogP contribution in [0.25, 0.3) is 11.6 Å². The van der Waals surface area contributed by atoms with Crippen LogP contribution in [0.1, 0.15) is 41.4 Å². The molecule has 1 aromatic heterocycles. The molecular weight excluding hydrogens is 435 g/mol. The number of benzene rings is 1. The third-order valence-corrected chi connectivity index (χ3v) is 6.90. The Balaban J connectivity index is 1.46. The van der Waals surface area contributed by atoms with E-state index in [1.807, 2.05) is 6.92 Å². The predicted octanol–water partition coefficient (Wildman–Crippen LogP) is 3.21. The standard InChI is InChI=1S/C26H29FN4O3/c1-5-24(32)31(4)15(3)25(33)28-13-16-6-8-18-14(2)22(29-23(18)10-16)12-20-19-11-17(27)7-9-21(19)30-26(20)34/h5,7,9,11-12,15-16,29H,1,6,8,10,13H2,2-4H3,(H,28,33)(H,30,34)/b20-12-/t15-,16+/m0/s1. The maximum absolute atomic E-state index is 13.8. The molecule has 2 aromatic rings. The van der Waals surface area contributed by atoms with E-state index in [1.165, 1.54) is 28.7 Å². The zero-order valence-corrected chi connectivity index (χ0v) is 19.6. The Bertz CT molecular complexity index is 1210. The molecule has 0 spiro atoms. The Morgan fingerprint density at radius 1 is 1.38 bits per heavy atom. The number of fused-ring (bicyclic) bond motifs is 2. The summed E-state index contributed by atoms with van der Waals surface area (Å²) in [6, 6.07) is 3.69. The molecule has 0 bridgehead atoms. The lowest BCUT2D eigenvalue weighted by Crippen LogP contribution is -2.46. The molecule has 1 aromatic carbocycles. The van der Waals surface area contributed by atoms with Gasteiger partial charge in [-0.15, -0.1) is 0 Å². The van der Waals surface area contributed by atoms with Gasteiger partial charge in [-0.2, -0.15) is 0 Å². The minimum atomic E-state index is -0.583. The van der Waals surface area contributed by atoms with Crippen LogP contribution in [0.3, 0.4) is 0 Å². The Hall–Kier alpha value is -3.68. The second-order valence-electron chi connectivity index (χ2n) is 9.01. The summed E-state index contributed by atoms with van der Waals surface area (Å²) in [5, 5.41) is 5.74. The summed E-state index contributed by atoms with van der Waals surface area (Å²) in [5.74, 6) is -0.873. The number of nitrogens with zero attached hydrogens (tertiary/aromatic N) is 1. The molecule has 8 heteroatoms. The average molecular weight is 465 g/mol. The fraction of sp³-hybridized carbons (Fsp3) is 0.346. The molecular formula is C26H29FN4O3. The Labute approximate surface area is 198 Å². The van der Waals surface area contributed by atoms with Gasteiger partial charge in [0.05, 0.1) is 5.57 Å². The first kappa shape index (κ1) is 23.5. The highest BCUT2D eigenvalue weighted by molar-refractivity contribution is 6.34. The summed E-state index contributed by atoms with van der Waals surface area (Å²) in [6.45, 7) is 7.68. The summed E-state index contributed by atoms with van der Waals surface area (Å²) in [5.41, 5.74) is 5.86. The molecule has 0 unspecified atom stereocenters. The zero-order chi connectivity index (χ0) is 24.6. The molecule has 0 radical (unpaired) electrons. The van der Waals surface area contributed by atoms with E-state index >= 15 is 0 Å². The number of H-pyrrole nitrogens is 1. The molecule has 7 nitrogen and oxygen atoms in total. The maximum atomic E-state index is 13.8. The van der Waals surface area contributed by atoms with E-state index in [0.717, 1.165) is 36.2 Å². The lowest BCUT2D eigenvalue weighted by molar-refractivity contribution is -0.135. The van der Waals surface area contributed by atoms with E-state index in [0.29, 0.717) is 23.4 Å². The van der Waals surface area contributed by atoms with Crippen LogP contribution in [0.5, 0.6) is 0 Å². The summed E-state index contributed by atoms with van der Waals surface area (Å²) in [4.78, 5) is 41.5. The molecule has 0 saturated heterocycles. The highest BCUT2D eigenvalue weighted by atomic mass is 19.1. The van der Waals surface area contributed by atoms with Gasteiger partial charge in [-0.1, -0.05) is 6.58 Å². The first-order valence-electron chi connectivity index (χ1n) is 11.4. The molecule has 178 valence electrons. The monoisotopic (exact) mass is 464 g/mol. The van der Waals surface area contributed by atoms with Crippen molar-refractivity contribution in [2.75, 3.05) is 18.9 Å². The van der Waals surface area contributed by atoms with Gasteiger partial charge in [0, 0.05) is 36.2 Å². The lowest BCUT2D eigenvalue weighted by Gasteiger charge is -2.26. The van der Waals surface area contributed by atoms with Crippen molar-refractivity contribution in [2.45, 2.75) is 39.2 Å². The fourth-order valence-corrected chi connectivity index (χ4v) is 4.64. The number of carbonyl (C=O) groups is 3. The van der Waals surface area contributed by atoms with E-state index in [4.69, 9.17) is 0 Å². The van der Waals surface area contributed by atoms with Gasteiger partial charge in [-0.3, -0.25) is 14.4 Å². The topological polar surface area (TPSA) is 94.3 Å². The molecule has 2 aliphatic rings. The number of halogens is 1. The molecule has 3 N–H and O–H groups in total. The van der Waals surface area contributed by atoms with E-state index < -0.39 is 6.04 Å². The van der Waals surface area contributed by atoms with Crippen molar-refractivity contribution in [1.82, 2.24) is 15.2 Å². The number of carbonyl (C=O) groups excluding carboxylic acids is 3. The third kappa shape index (κ3) is 4.40. The van der Waals surface area contributed by atoms with Crippen molar-refractivity contribution in [2.24, 2.45) is 5.92 Å². The predicted molar refractivity (Wildman–Crippen MR) is 129 cm³/mol. The fourth-order valence-electron chi connectivity index (χ4n) is 4.64. The second-order valence-corrected chi connectivity index (χ2v) is 9.01. The normalized spacial score (nSPS) is 18.6. The van der Waals surface area contributed by atoms with Gasteiger partial charge in [0.1, 0.15) is 11.9 Å². The Morgan fingerprint density at radius 2 is 2.15 bits per heavy atom. The summed E-state index contributed by atoms with van der Waals surface area (Å²) < 4.78 is 13.8. The van der Waals surface area contributed by atoms with Crippen LogP contribution < -0.4 is 10.6 Å². The molecule has 0 saturated carbocycles. The first-order valence-corrected chi connectivity index (χ1v) is 11.4. The van der Waals surface area contributed by atoms with Crippen LogP contribution in [-0.2, 0) is 27.2 Å². The molecule has 4 rings (SSSR count). The first-order chi connectivity index (χ1) is 16.2. The third-order valence-electron chi connectivity index (χ3n) is 6.90. The van der Waals surface area contributed by atoms with Gasteiger partial charge >= 0.3 is 0 Å². The van der Waals surface area contributed by atoms with Gasteiger partial charge in [0.25, 0.3) is 5.91 Å². The number of amides is 3. The van der Waals surface area contributed by atoms with Crippen LogP contribution in [-0.4, -0.2) is 47.2 Å². The minimum Gasteiger partial charge on any atom is -0.358 e. The number of hydrogen-bond donors (Lipinski definition) is 3. The molecule has 1 aliphatic heterocycles. The minimum absolute atomic E-state index is 0.199. The molecule has 1 aliphatic carbocycles. The Kier molecular flexibility index (Phi) is 6.41. The molecule has 2 heterocycles. The van der Waals surface area contributed by atoms with Crippen LogP contribution >= 0.6 is 0 Å². The highest BCUT2D eigenvalue weighted by Gasteiger charge is 2.28. The largest absolute Gasteiger partial charge is 0.358 e. The highest BCUT2D eigenvalue weighted by Crippen LogP contribution is 2.36. The van der Waals surface area contributed by atoms with E-state index in [-0.39, 0.29) is 29.5 Å². The summed E-state index contributed by atoms with van der Waals surface area (Å²) in [7, 11) is 1.58. The molecule has 0 fully saturated rings. The van der Waals surface area contributed by atoms with E-state index in [2.05, 4.69) is 22.2 Å². The van der Waals surface area contributed by atoms with Crippen LogP contribution in [0.2, 0.25) is 0 Å². The zero-order valence-electron chi connectivity index (χ0n) is 19.6. The van der Waals surface area contributed by atoms with E-state index in [9.17, 15) is 18.8 Å². The smallest absolute Gasteiger partial charge is 0.256 e. The molecule has 34 heavy (non-hydrogen) atoms. The average Bonchev–Trinajstić information content (AvgIpc) is 3.31. The van der Waals surface area contributed by atoms with Crippen molar-refractivity contribution in [3.8, 4) is 0 Å². The second kappa shape index (κ2) is 9.29. The van der Waals surface area contributed by atoms with E-state index in [1.54, 1.807) is 26.1 Å². The Morgan fingerprint density at radius 3 is 2.88 bits per heavy atom. The quantitative estimate of drug-likeness (QED) is 0.573. The maximum Gasteiger partial charge on any atom is 0.256 e. The van der Waals surface area contributed by atoms with Crippen molar-refractivity contribution in [3.63, 3.8) is 0 Å². The summed E-state index contributed by atoms with van der Waals surface area (Å²) in [6.07, 6.45) is 5.54. The number of hydrogen-bond acceptors (Lipinski definition) is 3. The van der Waals surface area contributed by atoms with Crippen LogP contribution in [0.4, 0.5) is 10.1 Å². The van der Waals surface area contributed by atoms with Gasteiger partial charge in [-0.05, 0) is 80.5 Å². The summed E-state index contributed by atoms with van der Waals surface area (Å²) >= 11 is 0. The van der Waals surface area contributed by atoms with Crippen LogP contribution in [0.15, 0.2) is 30.9 Å². The molecule has 2 atom stereocenters. The molecule has 3 amide bonds.